The molecule has 5 aromatic rings. The summed E-state index contributed by atoms with van der Waals surface area (Å²) in [5.41, 5.74) is 4.71. The van der Waals surface area contributed by atoms with E-state index in [0.717, 1.165) is 32.3 Å². The average molecular weight is 499 g/mol. The van der Waals surface area contributed by atoms with Gasteiger partial charge in [-0.1, -0.05) is 112 Å². The van der Waals surface area contributed by atoms with Gasteiger partial charge in [-0.3, -0.25) is 0 Å². The minimum Gasteiger partial charge on any atom is -0.208 e. The first kappa shape index (κ1) is 20.6. The minimum absolute atomic E-state index is 0.614. The average Bonchev–Trinajstić information content (AvgIpc) is 2.85. The second-order valence-corrected chi connectivity index (χ2v) is 8.48. The lowest BCUT2D eigenvalue weighted by Crippen LogP contribution is -2.00. The van der Waals surface area contributed by atoms with Crippen LogP contribution in [0.3, 0.4) is 0 Å². The van der Waals surface area contributed by atoms with Gasteiger partial charge in [0.1, 0.15) is 0 Å². The Morgan fingerprint density at radius 1 is 0.500 bits per heavy atom. The van der Waals surface area contributed by atoms with Crippen LogP contribution in [0.2, 0.25) is 5.02 Å². The molecule has 0 saturated heterocycles. The van der Waals surface area contributed by atoms with E-state index in [0.29, 0.717) is 22.5 Å². The molecule has 0 saturated carbocycles. The van der Waals surface area contributed by atoms with Gasteiger partial charge in [0.2, 0.25) is 0 Å². The first-order valence-electron chi connectivity index (χ1n) is 10.1. The predicted molar refractivity (Wildman–Crippen MR) is 134 cm³/mol. The second-order valence-electron chi connectivity index (χ2n) is 7.22. The lowest BCUT2D eigenvalue weighted by atomic mass is 10.0. The van der Waals surface area contributed by atoms with Crippen LogP contribution in [0.5, 0.6) is 0 Å². The molecule has 0 aliphatic rings. The molecule has 0 N–H and O–H groups in total. The number of hydrogen-bond donors (Lipinski definition) is 0. The molecule has 1 aromatic heterocycles. The normalized spacial score (nSPS) is 10.8. The van der Waals surface area contributed by atoms with Crippen molar-refractivity contribution in [2.24, 2.45) is 0 Å². The van der Waals surface area contributed by atoms with E-state index in [4.69, 9.17) is 26.6 Å². The summed E-state index contributed by atoms with van der Waals surface area (Å²) >= 11 is 10.1. The lowest BCUT2D eigenvalue weighted by Gasteiger charge is -2.11. The van der Waals surface area contributed by atoms with Gasteiger partial charge in [0.05, 0.1) is 0 Å². The third-order valence-electron chi connectivity index (χ3n) is 5.07. The number of hydrogen-bond acceptors (Lipinski definition) is 3. The largest absolute Gasteiger partial charge is 0.208 e. The summed E-state index contributed by atoms with van der Waals surface area (Å²) in [6.45, 7) is 0. The molecule has 0 aliphatic heterocycles. The third-order valence-corrected chi connectivity index (χ3v) is 6.05. The molecule has 0 amide bonds. The topological polar surface area (TPSA) is 38.7 Å². The molecule has 0 radical (unpaired) electrons. The van der Waals surface area contributed by atoms with Crippen molar-refractivity contribution in [3.05, 3.63) is 113 Å². The van der Waals surface area contributed by atoms with Gasteiger partial charge in [-0.15, -0.1) is 0 Å². The zero-order valence-corrected chi connectivity index (χ0v) is 19.3. The van der Waals surface area contributed by atoms with Crippen molar-refractivity contribution in [1.82, 2.24) is 15.0 Å². The van der Waals surface area contributed by atoms with Gasteiger partial charge in [0.25, 0.3) is 0 Å². The Labute approximate surface area is 199 Å². The fourth-order valence-corrected chi connectivity index (χ4v) is 4.52. The predicted octanol–water partition coefficient (Wildman–Crippen LogP) is 7.96. The Bertz CT molecular complexity index is 1310. The standard InChI is InChI=1S/C27H17BrClN3/c28-22-15-8-16-23(29)24(22)20-13-7-14-21(17-20)27-31-25(18-9-3-1-4-10-18)30-26(32-27)19-11-5-2-6-12-19/h1-17H. The molecule has 3 nitrogen and oxygen atoms in total. The Morgan fingerprint density at radius 3 is 1.53 bits per heavy atom. The van der Waals surface area contributed by atoms with Gasteiger partial charge in [0, 0.05) is 31.7 Å². The maximum Gasteiger partial charge on any atom is 0.164 e. The Morgan fingerprint density at radius 2 is 0.969 bits per heavy atom. The van der Waals surface area contributed by atoms with Crippen molar-refractivity contribution in [1.29, 1.82) is 0 Å². The smallest absolute Gasteiger partial charge is 0.164 e. The summed E-state index contributed by atoms with van der Waals surface area (Å²) in [6, 6.07) is 33.8. The van der Waals surface area contributed by atoms with Crippen LogP contribution < -0.4 is 0 Å². The molecule has 0 unspecified atom stereocenters. The fraction of sp³-hybridized carbons (Fsp3) is 0. The zero-order valence-electron chi connectivity index (χ0n) is 16.9. The molecule has 5 rings (SSSR count). The summed E-state index contributed by atoms with van der Waals surface area (Å²) in [5.74, 6) is 1.89. The van der Waals surface area contributed by atoms with Crippen molar-refractivity contribution >= 4 is 27.5 Å². The van der Waals surface area contributed by atoms with Gasteiger partial charge < -0.3 is 0 Å². The van der Waals surface area contributed by atoms with Crippen LogP contribution >= 0.6 is 27.5 Å². The second kappa shape index (κ2) is 9.03. The van der Waals surface area contributed by atoms with Crippen LogP contribution in [-0.4, -0.2) is 15.0 Å². The summed E-state index contributed by atoms with van der Waals surface area (Å²) in [7, 11) is 0. The number of benzene rings is 4. The number of aromatic nitrogens is 3. The molecule has 0 aliphatic carbocycles. The molecule has 5 heteroatoms. The van der Waals surface area contributed by atoms with E-state index in [9.17, 15) is 0 Å². The van der Waals surface area contributed by atoms with Gasteiger partial charge in [-0.05, 0) is 23.8 Å². The Balaban J connectivity index is 1.68. The maximum atomic E-state index is 6.50. The lowest BCUT2D eigenvalue weighted by molar-refractivity contribution is 1.07. The van der Waals surface area contributed by atoms with Gasteiger partial charge in [-0.25, -0.2) is 15.0 Å². The van der Waals surface area contributed by atoms with Crippen molar-refractivity contribution < 1.29 is 0 Å². The summed E-state index contributed by atoms with van der Waals surface area (Å²) in [5, 5.41) is 0.683. The molecule has 0 atom stereocenters. The van der Waals surface area contributed by atoms with Crippen LogP contribution in [0.4, 0.5) is 0 Å². The fourth-order valence-electron chi connectivity index (χ4n) is 3.53. The van der Waals surface area contributed by atoms with Crippen LogP contribution in [-0.2, 0) is 0 Å². The molecule has 32 heavy (non-hydrogen) atoms. The van der Waals surface area contributed by atoms with Gasteiger partial charge in [0.15, 0.2) is 17.5 Å². The SMILES string of the molecule is Clc1cccc(Br)c1-c1cccc(-c2nc(-c3ccccc3)nc(-c3ccccc3)n2)c1. The van der Waals surface area contributed by atoms with Crippen molar-refractivity contribution in [2.75, 3.05) is 0 Å². The Hall–Kier alpha value is -3.34. The van der Waals surface area contributed by atoms with E-state index in [-0.39, 0.29) is 0 Å². The molecule has 0 spiro atoms. The van der Waals surface area contributed by atoms with E-state index in [1.807, 2.05) is 97.1 Å². The third kappa shape index (κ3) is 4.20. The monoisotopic (exact) mass is 497 g/mol. The Kier molecular flexibility index (Phi) is 5.80. The van der Waals surface area contributed by atoms with E-state index < -0.39 is 0 Å². The number of halogens is 2. The van der Waals surface area contributed by atoms with Crippen molar-refractivity contribution in [3.8, 4) is 45.3 Å². The highest BCUT2D eigenvalue weighted by molar-refractivity contribution is 9.10. The van der Waals surface area contributed by atoms with Crippen LogP contribution in [0.1, 0.15) is 0 Å². The molecule has 154 valence electrons. The van der Waals surface area contributed by atoms with Crippen LogP contribution in [0.25, 0.3) is 45.3 Å². The molecule has 0 fully saturated rings. The van der Waals surface area contributed by atoms with Gasteiger partial charge in [-0.2, -0.15) is 0 Å². The highest BCUT2D eigenvalue weighted by Gasteiger charge is 2.14. The van der Waals surface area contributed by atoms with Crippen LogP contribution in [0.15, 0.2) is 108 Å². The van der Waals surface area contributed by atoms with Crippen molar-refractivity contribution in [3.63, 3.8) is 0 Å². The van der Waals surface area contributed by atoms with E-state index in [2.05, 4.69) is 22.0 Å². The maximum absolute atomic E-state index is 6.50. The summed E-state index contributed by atoms with van der Waals surface area (Å²) < 4.78 is 0.938. The first-order chi connectivity index (χ1) is 15.7. The molecule has 1 heterocycles. The number of nitrogens with zero attached hydrogens (tertiary/aromatic N) is 3. The first-order valence-corrected chi connectivity index (χ1v) is 11.3. The van der Waals surface area contributed by atoms with Crippen molar-refractivity contribution in [2.45, 2.75) is 0 Å². The molecule has 4 aromatic carbocycles. The summed E-state index contributed by atoms with van der Waals surface area (Å²) in [6.07, 6.45) is 0. The van der Waals surface area contributed by atoms with Gasteiger partial charge >= 0.3 is 0 Å². The summed E-state index contributed by atoms with van der Waals surface area (Å²) in [4.78, 5) is 14.4. The molecular weight excluding hydrogens is 482 g/mol. The van der Waals surface area contributed by atoms with Crippen LogP contribution in [0, 0.1) is 0 Å². The van der Waals surface area contributed by atoms with E-state index in [1.165, 1.54) is 0 Å². The highest BCUT2D eigenvalue weighted by Crippen LogP contribution is 2.36. The minimum atomic E-state index is 0.614. The quantitative estimate of drug-likeness (QED) is 0.252. The zero-order chi connectivity index (χ0) is 21.9. The number of rotatable bonds is 4. The molecular formula is C27H17BrClN3. The molecule has 0 bridgehead atoms. The van der Waals surface area contributed by atoms with E-state index >= 15 is 0 Å². The highest BCUT2D eigenvalue weighted by atomic mass is 79.9. The van der Waals surface area contributed by atoms with E-state index in [1.54, 1.807) is 0 Å².